The van der Waals surface area contributed by atoms with Crippen molar-refractivity contribution in [3.8, 4) is 67.3 Å². The molecule has 8 aromatic carbocycles. The second-order valence-corrected chi connectivity index (χ2v) is 13.4. The zero-order chi connectivity index (χ0) is 35.1. The molecule has 0 fully saturated rings. The third-order valence-electron chi connectivity index (χ3n) is 10.1. The molecule has 2 aromatic heterocycles. The van der Waals surface area contributed by atoms with Crippen LogP contribution in [0.5, 0.6) is 0 Å². The Hall–Kier alpha value is -7.10. The smallest absolute Gasteiger partial charge is 0.160 e. The summed E-state index contributed by atoms with van der Waals surface area (Å²) in [6.45, 7) is 0. The van der Waals surface area contributed by atoms with Crippen molar-refractivity contribution in [2.75, 3.05) is 0 Å². The molecule has 0 aliphatic carbocycles. The summed E-state index contributed by atoms with van der Waals surface area (Å²) in [6, 6.07) is 68.2. The average Bonchev–Trinajstić information content (AvgIpc) is 3.62. The Morgan fingerprint density at radius 1 is 0.302 bits per heavy atom. The van der Waals surface area contributed by atoms with Crippen molar-refractivity contribution in [2.45, 2.75) is 0 Å². The number of fused-ring (bicyclic) bond motifs is 4. The van der Waals surface area contributed by atoms with Gasteiger partial charge < -0.3 is 4.42 Å². The van der Waals surface area contributed by atoms with Crippen molar-refractivity contribution < 1.29 is 4.42 Å². The highest BCUT2D eigenvalue weighted by Gasteiger charge is 2.16. The molecule has 53 heavy (non-hydrogen) atoms. The number of benzene rings is 8. The maximum Gasteiger partial charge on any atom is 0.160 e. The molecule has 0 atom stereocenters. The van der Waals surface area contributed by atoms with Gasteiger partial charge in [-0.15, -0.1) is 0 Å². The van der Waals surface area contributed by atoms with Gasteiger partial charge in [-0.2, -0.15) is 0 Å². The molecule has 0 spiro atoms. The van der Waals surface area contributed by atoms with Gasteiger partial charge in [0.2, 0.25) is 0 Å². The summed E-state index contributed by atoms with van der Waals surface area (Å²) in [5, 5.41) is 4.68. The fourth-order valence-electron chi connectivity index (χ4n) is 7.41. The minimum Gasteiger partial charge on any atom is -0.456 e. The quantitative estimate of drug-likeness (QED) is 0.176. The summed E-state index contributed by atoms with van der Waals surface area (Å²) in [7, 11) is 0. The monoisotopic (exact) mass is 676 g/mol. The molecule has 248 valence electrons. The van der Waals surface area contributed by atoms with Crippen LogP contribution in [-0.4, -0.2) is 9.97 Å². The van der Waals surface area contributed by atoms with Crippen LogP contribution in [0, 0.1) is 0 Å². The molecular formula is C50H32N2O. The fraction of sp³-hybridized carbons (Fsp3) is 0. The van der Waals surface area contributed by atoms with Crippen LogP contribution >= 0.6 is 0 Å². The van der Waals surface area contributed by atoms with Crippen molar-refractivity contribution in [2.24, 2.45) is 0 Å². The topological polar surface area (TPSA) is 38.9 Å². The van der Waals surface area contributed by atoms with Crippen LogP contribution in [0.15, 0.2) is 199 Å². The van der Waals surface area contributed by atoms with E-state index < -0.39 is 0 Å². The summed E-state index contributed by atoms with van der Waals surface area (Å²) in [5.74, 6) is 0.689. The standard InChI is InChI=1S/C50H32N2O/c1-3-14-34(15-4-1)46-32-47(52-50(51-46)35-16-5-2-6-17-35)41-29-39(37-25-26-45-44-21-11-12-22-48(44)53-49(45)31-37)28-40(30-41)43-20-10-9-19-42(43)38-24-23-33-13-7-8-18-36(33)27-38/h1-32H. The lowest BCUT2D eigenvalue weighted by molar-refractivity contribution is 0.669. The lowest BCUT2D eigenvalue weighted by Gasteiger charge is -2.16. The number of rotatable bonds is 6. The van der Waals surface area contributed by atoms with Crippen molar-refractivity contribution in [3.05, 3.63) is 194 Å². The Kier molecular flexibility index (Phi) is 7.47. The van der Waals surface area contributed by atoms with E-state index >= 15 is 0 Å². The lowest BCUT2D eigenvalue weighted by Crippen LogP contribution is -1.96. The zero-order valence-corrected chi connectivity index (χ0v) is 28.8. The first-order valence-corrected chi connectivity index (χ1v) is 17.9. The molecule has 0 saturated heterocycles. The molecule has 0 radical (unpaired) electrons. The summed E-state index contributed by atoms with van der Waals surface area (Å²) < 4.78 is 6.37. The summed E-state index contributed by atoms with van der Waals surface area (Å²) in [4.78, 5) is 10.3. The molecule has 0 saturated carbocycles. The number of furan rings is 1. The highest BCUT2D eigenvalue weighted by Crippen LogP contribution is 2.40. The summed E-state index contributed by atoms with van der Waals surface area (Å²) in [5.41, 5.74) is 13.3. The first-order chi connectivity index (χ1) is 26.2. The van der Waals surface area contributed by atoms with E-state index in [-0.39, 0.29) is 0 Å². The molecule has 3 nitrogen and oxygen atoms in total. The maximum absolute atomic E-state index is 6.37. The van der Waals surface area contributed by atoms with Crippen LogP contribution in [0.3, 0.4) is 0 Å². The summed E-state index contributed by atoms with van der Waals surface area (Å²) >= 11 is 0. The first kappa shape index (κ1) is 30.7. The predicted molar refractivity (Wildman–Crippen MR) is 219 cm³/mol. The molecule has 0 aliphatic rings. The SMILES string of the molecule is c1ccc(-c2cc(-c3cc(-c4ccc5c(c4)oc4ccccc45)cc(-c4ccccc4-c4ccc5ccccc5c4)c3)nc(-c3ccccc3)n2)cc1. The maximum atomic E-state index is 6.37. The Morgan fingerprint density at radius 2 is 0.887 bits per heavy atom. The van der Waals surface area contributed by atoms with Gasteiger partial charge in [0, 0.05) is 27.5 Å². The van der Waals surface area contributed by atoms with Crippen molar-refractivity contribution >= 4 is 32.7 Å². The Bertz CT molecular complexity index is 2890. The Balaban J connectivity index is 1.21. The van der Waals surface area contributed by atoms with Crippen molar-refractivity contribution in [1.29, 1.82) is 0 Å². The van der Waals surface area contributed by atoms with Gasteiger partial charge in [-0.1, -0.05) is 146 Å². The van der Waals surface area contributed by atoms with E-state index in [1.165, 1.54) is 21.9 Å². The van der Waals surface area contributed by atoms with Crippen LogP contribution in [0.2, 0.25) is 0 Å². The van der Waals surface area contributed by atoms with Gasteiger partial charge in [0.25, 0.3) is 0 Å². The van der Waals surface area contributed by atoms with Crippen molar-refractivity contribution in [1.82, 2.24) is 9.97 Å². The van der Waals surface area contributed by atoms with Gasteiger partial charge in [-0.3, -0.25) is 0 Å². The van der Waals surface area contributed by atoms with Gasteiger partial charge in [0.1, 0.15) is 11.2 Å². The van der Waals surface area contributed by atoms with Crippen LogP contribution < -0.4 is 0 Å². The lowest BCUT2D eigenvalue weighted by atomic mass is 9.89. The van der Waals surface area contributed by atoms with E-state index in [9.17, 15) is 0 Å². The third-order valence-corrected chi connectivity index (χ3v) is 10.1. The largest absolute Gasteiger partial charge is 0.456 e. The second kappa shape index (κ2) is 12.9. The van der Waals surface area contributed by atoms with Gasteiger partial charge in [-0.25, -0.2) is 9.97 Å². The van der Waals surface area contributed by atoms with E-state index in [1.54, 1.807) is 0 Å². The molecule has 2 heterocycles. The molecule has 0 unspecified atom stereocenters. The van der Waals surface area contributed by atoms with Crippen molar-refractivity contribution in [3.63, 3.8) is 0 Å². The average molecular weight is 677 g/mol. The minimum atomic E-state index is 0.689. The van der Waals surface area contributed by atoms with Crippen LogP contribution in [0.25, 0.3) is 100.0 Å². The Morgan fingerprint density at radius 3 is 1.70 bits per heavy atom. The molecule has 0 N–H and O–H groups in total. The van der Waals surface area contributed by atoms with E-state index in [0.29, 0.717) is 5.82 Å². The van der Waals surface area contributed by atoms with Crippen LogP contribution in [0.4, 0.5) is 0 Å². The number of aromatic nitrogens is 2. The first-order valence-electron chi connectivity index (χ1n) is 17.9. The summed E-state index contributed by atoms with van der Waals surface area (Å²) in [6.07, 6.45) is 0. The highest BCUT2D eigenvalue weighted by atomic mass is 16.3. The highest BCUT2D eigenvalue weighted by molar-refractivity contribution is 6.06. The molecule has 0 bridgehead atoms. The molecule has 0 aliphatic heterocycles. The van der Waals surface area contributed by atoms with E-state index in [1.807, 2.05) is 36.4 Å². The molecule has 10 aromatic rings. The van der Waals surface area contributed by atoms with Crippen LogP contribution in [-0.2, 0) is 0 Å². The van der Waals surface area contributed by atoms with Gasteiger partial charge in [0.15, 0.2) is 5.82 Å². The number of hydrogen-bond acceptors (Lipinski definition) is 3. The van der Waals surface area contributed by atoms with Gasteiger partial charge in [0.05, 0.1) is 11.4 Å². The van der Waals surface area contributed by atoms with Gasteiger partial charge in [-0.05, 0) is 92.7 Å². The second-order valence-electron chi connectivity index (χ2n) is 13.4. The molecule has 3 heteroatoms. The number of hydrogen-bond donors (Lipinski definition) is 0. The third kappa shape index (κ3) is 5.75. The number of nitrogens with zero attached hydrogens (tertiary/aromatic N) is 2. The van der Waals surface area contributed by atoms with E-state index in [0.717, 1.165) is 72.3 Å². The molecule has 0 amide bonds. The van der Waals surface area contributed by atoms with Gasteiger partial charge >= 0.3 is 0 Å². The fourth-order valence-corrected chi connectivity index (χ4v) is 7.41. The van der Waals surface area contributed by atoms with Crippen LogP contribution in [0.1, 0.15) is 0 Å². The Labute approximate surface area is 307 Å². The zero-order valence-electron chi connectivity index (χ0n) is 28.8. The molecule has 10 rings (SSSR count). The minimum absolute atomic E-state index is 0.689. The van der Waals surface area contributed by atoms with E-state index in [4.69, 9.17) is 14.4 Å². The normalized spacial score (nSPS) is 11.4. The predicted octanol–water partition coefficient (Wildman–Crippen LogP) is 13.5. The van der Waals surface area contributed by atoms with E-state index in [2.05, 4.69) is 158 Å². The number of para-hydroxylation sites is 1. The molecular weight excluding hydrogens is 645 g/mol.